The van der Waals surface area contributed by atoms with Gasteiger partial charge in [-0.05, 0) is 38.8 Å². The molecule has 0 bridgehead atoms. The molecule has 0 fully saturated rings. The van der Waals surface area contributed by atoms with Crippen molar-refractivity contribution in [1.29, 1.82) is 0 Å². The van der Waals surface area contributed by atoms with Crippen LogP contribution in [-0.2, 0) is 24.7 Å². The molecule has 1 aliphatic rings. The first kappa shape index (κ1) is 11.4. The van der Waals surface area contributed by atoms with Crippen LogP contribution in [0.4, 0.5) is 0 Å². The van der Waals surface area contributed by atoms with Crippen molar-refractivity contribution in [3.05, 3.63) is 28.7 Å². The second-order valence-electron chi connectivity index (χ2n) is 2.76. The summed E-state index contributed by atoms with van der Waals surface area (Å²) < 4.78 is 2.09. The van der Waals surface area contributed by atoms with E-state index in [0.29, 0.717) is 0 Å². The molecular weight excluding hydrogens is 211 g/mol. The Bertz CT molecular complexity index is 175. The van der Waals surface area contributed by atoms with E-state index >= 15 is 0 Å². The van der Waals surface area contributed by atoms with Gasteiger partial charge in [-0.25, -0.2) is 0 Å². The molecule has 0 spiro atoms. The Morgan fingerprint density at radius 2 is 1.09 bits per heavy atom. The SMILES string of the molecule is CC1=C(C)C(C)=C(C)[CH]1.[CH3][Zr]. The van der Waals surface area contributed by atoms with Crippen LogP contribution >= 0.6 is 0 Å². The Balaban J connectivity index is 0.000000461. The van der Waals surface area contributed by atoms with Crippen molar-refractivity contribution in [2.75, 3.05) is 0 Å². The Kier molecular flexibility index (Phi) is 5.26. The fraction of sp³-hybridized carbons (Fsp3) is 0.500. The molecule has 0 aliphatic heterocycles. The zero-order valence-corrected chi connectivity index (χ0v) is 10.5. The summed E-state index contributed by atoms with van der Waals surface area (Å²) in [4.78, 5) is 0. The summed E-state index contributed by atoms with van der Waals surface area (Å²) >= 11 is 1.55. The molecule has 0 saturated carbocycles. The van der Waals surface area contributed by atoms with Crippen molar-refractivity contribution in [1.82, 2.24) is 0 Å². The molecule has 0 atom stereocenters. The molecule has 1 aliphatic carbocycles. The van der Waals surface area contributed by atoms with Crippen LogP contribution in [0.1, 0.15) is 27.7 Å². The van der Waals surface area contributed by atoms with Crippen LogP contribution in [0.25, 0.3) is 0 Å². The topological polar surface area (TPSA) is 0 Å². The molecule has 0 aromatic rings. The molecule has 1 radical (unpaired) electrons. The van der Waals surface area contributed by atoms with Gasteiger partial charge in [0.25, 0.3) is 0 Å². The maximum atomic E-state index is 2.24. The van der Waals surface area contributed by atoms with Crippen LogP contribution in [0.5, 0.6) is 0 Å². The van der Waals surface area contributed by atoms with E-state index in [4.69, 9.17) is 0 Å². The van der Waals surface area contributed by atoms with Crippen LogP contribution < -0.4 is 0 Å². The molecule has 0 aromatic carbocycles. The number of allylic oxidation sites excluding steroid dienone is 4. The minimum absolute atomic E-state index is 1.42. The number of hydrogen-bond donors (Lipinski definition) is 0. The standard InChI is InChI=1S/C9H13.CH3.Zr/c1-6-5-7(2)9(4)8(6)3;;/h5H,1-4H3;1H3;. The van der Waals surface area contributed by atoms with Crippen LogP contribution in [-0.4, -0.2) is 0 Å². The Morgan fingerprint density at radius 3 is 1.18 bits per heavy atom. The van der Waals surface area contributed by atoms with Gasteiger partial charge in [0.1, 0.15) is 0 Å². The van der Waals surface area contributed by atoms with E-state index in [2.05, 4.69) is 38.7 Å². The van der Waals surface area contributed by atoms with Crippen LogP contribution in [0, 0.1) is 6.42 Å². The van der Waals surface area contributed by atoms with Gasteiger partial charge in [0.05, 0.1) is 0 Å². The predicted molar refractivity (Wildman–Crippen MR) is 46.9 cm³/mol. The van der Waals surface area contributed by atoms with Crippen LogP contribution in [0.2, 0.25) is 4.63 Å². The molecule has 11 heavy (non-hydrogen) atoms. The van der Waals surface area contributed by atoms with Gasteiger partial charge in [0, 0.05) is 6.42 Å². The van der Waals surface area contributed by atoms with Gasteiger partial charge >= 0.3 is 29.4 Å². The third-order valence-corrected chi connectivity index (χ3v) is 2.18. The minimum atomic E-state index is 1.42. The molecule has 0 heterocycles. The monoisotopic (exact) mass is 226 g/mol. The first-order valence-corrected chi connectivity index (χ1v) is 6.29. The molecule has 1 rings (SSSR count). The van der Waals surface area contributed by atoms with Crippen molar-refractivity contribution in [3.8, 4) is 0 Å². The zero-order valence-electron chi connectivity index (χ0n) is 8.08. The second-order valence-corrected chi connectivity index (χ2v) is 2.76. The molecule has 0 aromatic heterocycles. The van der Waals surface area contributed by atoms with E-state index in [0.717, 1.165) is 0 Å². The Labute approximate surface area is 85.6 Å². The third-order valence-electron chi connectivity index (χ3n) is 2.18. The summed E-state index contributed by atoms with van der Waals surface area (Å²) in [6.45, 7) is 8.68. The summed E-state index contributed by atoms with van der Waals surface area (Å²) in [6.07, 6.45) is 2.24. The summed E-state index contributed by atoms with van der Waals surface area (Å²) in [5.41, 5.74) is 5.75. The summed E-state index contributed by atoms with van der Waals surface area (Å²) in [5.74, 6) is 0. The van der Waals surface area contributed by atoms with Gasteiger partial charge < -0.3 is 0 Å². The van der Waals surface area contributed by atoms with E-state index in [1.807, 2.05) is 0 Å². The molecule has 0 saturated heterocycles. The maximum absolute atomic E-state index is 2.24. The molecule has 0 unspecified atom stereocenters. The quantitative estimate of drug-likeness (QED) is 0.594. The van der Waals surface area contributed by atoms with Crippen LogP contribution in [0.3, 0.4) is 0 Å². The number of hydrogen-bond acceptors (Lipinski definition) is 0. The Morgan fingerprint density at radius 1 is 0.818 bits per heavy atom. The zero-order chi connectivity index (χ0) is 9.02. The normalized spacial score (nSPS) is 16.7. The molecule has 1 heteroatoms. The fourth-order valence-electron chi connectivity index (χ4n) is 1.13. The molecule has 60 valence electrons. The summed E-state index contributed by atoms with van der Waals surface area (Å²) in [6, 6.07) is 0. The van der Waals surface area contributed by atoms with Gasteiger partial charge in [0.15, 0.2) is 0 Å². The van der Waals surface area contributed by atoms with E-state index in [9.17, 15) is 0 Å². The molecule has 0 nitrogen and oxygen atoms in total. The van der Waals surface area contributed by atoms with E-state index in [1.54, 1.807) is 24.7 Å². The van der Waals surface area contributed by atoms with E-state index in [1.165, 1.54) is 22.3 Å². The van der Waals surface area contributed by atoms with Crippen molar-refractivity contribution < 1.29 is 24.7 Å². The molecular formula is C10H16Zr. The third kappa shape index (κ3) is 2.71. The van der Waals surface area contributed by atoms with Crippen molar-refractivity contribution in [2.45, 2.75) is 32.3 Å². The second kappa shape index (κ2) is 5.09. The average molecular weight is 227 g/mol. The predicted octanol–water partition coefficient (Wildman–Crippen LogP) is 3.46. The fourth-order valence-corrected chi connectivity index (χ4v) is 1.13. The van der Waals surface area contributed by atoms with Crippen LogP contribution in [0.15, 0.2) is 22.3 Å². The summed E-state index contributed by atoms with van der Waals surface area (Å²) in [7, 11) is 0. The number of rotatable bonds is 0. The summed E-state index contributed by atoms with van der Waals surface area (Å²) in [5, 5.41) is 0. The molecule has 0 N–H and O–H groups in total. The van der Waals surface area contributed by atoms with Crippen molar-refractivity contribution in [3.63, 3.8) is 0 Å². The Hall–Kier alpha value is 0.363. The molecule has 0 amide bonds. The average Bonchev–Trinajstić information content (AvgIpc) is 2.22. The van der Waals surface area contributed by atoms with Gasteiger partial charge in [-0.3, -0.25) is 0 Å². The van der Waals surface area contributed by atoms with E-state index in [-0.39, 0.29) is 0 Å². The first-order valence-electron chi connectivity index (χ1n) is 3.83. The van der Waals surface area contributed by atoms with Gasteiger partial charge in [-0.1, -0.05) is 11.1 Å². The van der Waals surface area contributed by atoms with Gasteiger partial charge in [0.2, 0.25) is 0 Å². The van der Waals surface area contributed by atoms with Crippen molar-refractivity contribution >= 4 is 0 Å². The van der Waals surface area contributed by atoms with E-state index < -0.39 is 0 Å². The van der Waals surface area contributed by atoms with Gasteiger partial charge in [-0.2, -0.15) is 0 Å². The van der Waals surface area contributed by atoms with Gasteiger partial charge in [-0.15, -0.1) is 0 Å². The first-order chi connectivity index (χ1) is 5.13. The van der Waals surface area contributed by atoms with Crippen molar-refractivity contribution in [2.24, 2.45) is 0 Å².